The molecule has 0 aliphatic heterocycles. The van der Waals surface area contributed by atoms with Crippen LogP contribution in [0.4, 0.5) is 0 Å². The second-order valence-electron chi connectivity index (χ2n) is 9.32. The van der Waals surface area contributed by atoms with Gasteiger partial charge in [0.05, 0.1) is 26.4 Å². The Hall–Kier alpha value is -3.78. The summed E-state index contributed by atoms with van der Waals surface area (Å²) in [6.45, 7) is 3.86. The lowest BCUT2D eigenvalue weighted by atomic mass is 10.1. The standard InChI is InChI=1S/C32H34O7/c1-23(33)38-29-18-28(31(32(29)39-24(2)34)37-21-27-16-10-5-11-17-27)30(36-20-26-14-8-4-9-15-26)22-35-19-25-12-6-3-7-13-25/h3-18,29-32H,19-22H2,1-2H3/t29-,30-,31+,32+/m1/s1. The van der Waals surface area contributed by atoms with Gasteiger partial charge in [0.15, 0.2) is 12.2 Å². The predicted molar refractivity (Wildman–Crippen MR) is 145 cm³/mol. The normalized spacial score (nSPS) is 19.2. The first-order valence-corrected chi connectivity index (χ1v) is 13.0. The number of esters is 2. The lowest BCUT2D eigenvalue weighted by Crippen LogP contribution is -2.41. The molecule has 0 heterocycles. The second kappa shape index (κ2) is 14.4. The van der Waals surface area contributed by atoms with Crippen LogP contribution in [0.5, 0.6) is 0 Å². The molecule has 204 valence electrons. The average molecular weight is 531 g/mol. The number of carbonyl (C=O) groups excluding carboxylic acids is 2. The van der Waals surface area contributed by atoms with Crippen molar-refractivity contribution >= 4 is 11.9 Å². The molecule has 0 saturated carbocycles. The van der Waals surface area contributed by atoms with E-state index >= 15 is 0 Å². The van der Waals surface area contributed by atoms with Gasteiger partial charge in [0.2, 0.25) is 0 Å². The maximum absolute atomic E-state index is 12.1. The molecule has 4 rings (SSSR count). The number of carbonyl (C=O) groups is 2. The molecule has 0 fully saturated rings. The Balaban J connectivity index is 1.60. The molecule has 4 atom stereocenters. The Bertz CT molecular complexity index is 1210. The van der Waals surface area contributed by atoms with E-state index in [2.05, 4.69) is 0 Å². The summed E-state index contributed by atoms with van der Waals surface area (Å²) < 4.78 is 30.0. The number of hydrogen-bond donors (Lipinski definition) is 0. The van der Waals surface area contributed by atoms with Crippen LogP contribution in [0, 0.1) is 0 Å². The van der Waals surface area contributed by atoms with Crippen molar-refractivity contribution in [2.24, 2.45) is 0 Å². The topological polar surface area (TPSA) is 80.3 Å². The zero-order valence-corrected chi connectivity index (χ0v) is 22.2. The van der Waals surface area contributed by atoms with Gasteiger partial charge in [-0.05, 0) is 28.3 Å². The minimum atomic E-state index is -0.859. The Morgan fingerprint density at radius 1 is 0.692 bits per heavy atom. The van der Waals surface area contributed by atoms with Crippen LogP contribution >= 0.6 is 0 Å². The molecule has 1 aliphatic rings. The lowest BCUT2D eigenvalue weighted by molar-refractivity contribution is -0.169. The Morgan fingerprint density at radius 3 is 1.74 bits per heavy atom. The summed E-state index contributed by atoms with van der Waals surface area (Å²) in [6.07, 6.45) is -1.17. The van der Waals surface area contributed by atoms with Crippen molar-refractivity contribution in [3.05, 3.63) is 119 Å². The van der Waals surface area contributed by atoms with Gasteiger partial charge in [0, 0.05) is 13.8 Å². The minimum Gasteiger partial charge on any atom is -0.455 e. The highest BCUT2D eigenvalue weighted by Crippen LogP contribution is 2.33. The van der Waals surface area contributed by atoms with E-state index in [-0.39, 0.29) is 13.2 Å². The van der Waals surface area contributed by atoms with Crippen molar-refractivity contribution in [2.45, 2.75) is 58.1 Å². The molecule has 0 saturated heterocycles. The minimum absolute atomic E-state index is 0.221. The first-order chi connectivity index (χ1) is 19.0. The van der Waals surface area contributed by atoms with E-state index in [1.165, 1.54) is 13.8 Å². The monoisotopic (exact) mass is 530 g/mol. The van der Waals surface area contributed by atoms with Crippen molar-refractivity contribution in [3.63, 3.8) is 0 Å². The van der Waals surface area contributed by atoms with Crippen LogP contribution in [0.2, 0.25) is 0 Å². The van der Waals surface area contributed by atoms with Gasteiger partial charge in [0.25, 0.3) is 0 Å². The van der Waals surface area contributed by atoms with Gasteiger partial charge < -0.3 is 23.7 Å². The average Bonchev–Trinajstić information content (AvgIpc) is 3.26. The molecular formula is C32H34O7. The molecule has 7 nitrogen and oxygen atoms in total. The lowest BCUT2D eigenvalue weighted by Gasteiger charge is -2.29. The molecule has 7 heteroatoms. The van der Waals surface area contributed by atoms with Gasteiger partial charge in [-0.15, -0.1) is 0 Å². The van der Waals surface area contributed by atoms with Gasteiger partial charge in [-0.3, -0.25) is 9.59 Å². The molecule has 0 bridgehead atoms. The summed E-state index contributed by atoms with van der Waals surface area (Å²) in [5, 5.41) is 0. The molecule has 0 aromatic heterocycles. The molecule has 0 radical (unpaired) electrons. The SMILES string of the molecule is CC(=O)O[C@H]1[C@H](OC(C)=O)C=C([C@@H](COCc2ccccc2)OCc2ccccc2)[C@@H]1OCc1ccccc1. The first-order valence-electron chi connectivity index (χ1n) is 13.0. The molecule has 3 aromatic rings. The third-order valence-electron chi connectivity index (χ3n) is 6.23. The molecule has 0 N–H and O–H groups in total. The fourth-order valence-corrected chi connectivity index (χ4v) is 4.47. The summed E-state index contributed by atoms with van der Waals surface area (Å²) in [6, 6.07) is 29.4. The van der Waals surface area contributed by atoms with Crippen LogP contribution in [-0.2, 0) is 53.1 Å². The van der Waals surface area contributed by atoms with E-state index in [4.69, 9.17) is 23.7 Å². The Labute approximate surface area is 229 Å². The zero-order valence-electron chi connectivity index (χ0n) is 22.2. The van der Waals surface area contributed by atoms with E-state index in [1.807, 2.05) is 91.0 Å². The van der Waals surface area contributed by atoms with Crippen LogP contribution in [0.1, 0.15) is 30.5 Å². The Kier molecular flexibility index (Phi) is 10.4. The quantitative estimate of drug-likeness (QED) is 0.223. The molecule has 0 unspecified atom stereocenters. The summed E-state index contributed by atoms with van der Waals surface area (Å²) >= 11 is 0. The van der Waals surface area contributed by atoms with Gasteiger partial charge in [-0.1, -0.05) is 91.0 Å². The van der Waals surface area contributed by atoms with Crippen molar-refractivity contribution in [2.75, 3.05) is 6.61 Å². The van der Waals surface area contributed by atoms with Crippen LogP contribution < -0.4 is 0 Å². The maximum atomic E-state index is 12.1. The van der Waals surface area contributed by atoms with Crippen LogP contribution in [0.3, 0.4) is 0 Å². The number of rotatable bonds is 13. The number of ether oxygens (including phenoxy) is 5. The molecule has 0 spiro atoms. The molecule has 0 amide bonds. The predicted octanol–water partition coefficient (Wildman–Crippen LogP) is 5.18. The van der Waals surface area contributed by atoms with Gasteiger partial charge in [-0.2, -0.15) is 0 Å². The van der Waals surface area contributed by atoms with Crippen LogP contribution in [0.25, 0.3) is 0 Å². The van der Waals surface area contributed by atoms with E-state index in [0.717, 1.165) is 16.7 Å². The number of hydrogen-bond acceptors (Lipinski definition) is 7. The molecule has 1 aliphatic carbocycles. The third kappa shape index (κ3) is 8.61. The summed E-state index contributed by atoms with van der Waals surface area (Å²) in [7, 11) is 0. The maximum Gasteiger partial charge on any atom is 0.303 e. The summed E-state index contributed by atoms with van der Waals surface area (Å²) in [5.41, 5.74) is 3.69. The highest BCUT2D eigenvalue weighted by Gasteiger charge is 2.45. The van der Waals surface area contributed by atoms with Crippen molar-refractivity contribution < 1.29 is 33.3 Å². The van der Waals surface area contributed by atoms with Crippen LogP contribution in [0.15, 0.2) is 103 Å². The van der Waals surface area contributed by atoms with Crippen molar-refractivity contribution in [3.8, 4) is 0 Å². The molecule has 39 heavy (non-hydrogen) atoms. The summed E-state index contributed by atoms with van der Waals surface area (Å²) in [4.78, 5) is 24.0. The van der Waals surface area contributed by atoms with E-state index in [1.54, 1.807) is 6.08 Å². The summed E-state index contributed by atoms with van der Waals surface area (Å²) in [5.74, 6) is -0.985. The third-order valence-corrected chi connectivity index (χ3v) is 6.23. The smallest absolute Gasteiger partial charge is 0.303 e. The Morgan fingerprint density at radius 2 is 1.21 bits per heavy atom. The molecular weight excluding hydrogens is 496 g/mol. The van der Waals surface area contributed by atoms with Crippen molar-refractivity contribution in [1.29, 1.82) is 0 Å². The second-order valence-corrected chi connectivity index (χ2v) is 9.32. The largest absolute Gasteiger partial charge is 0.455 e. The van der Waals surface area contributed by atoms with Gasteiger partial charge in [-0.25, -0.2) is 0 Å². The van der Waals surface area contributed by atoms with E-state index in [9.17, 15) is 9.59 Å². The number of benzene rings is 3. The van der Waals surface area contributed by atoms with Gasteiger partial charge in [0.1, 0.15) is 12.2 Å². The van der Waals surface area contributed by atoms with Gasteiger partial charge >= 0.3 is 11.9 Å². The fraction of sp³-hybridized carbons (Fsp3) is 0.312. The highest BCUT2D eigenvalue weighted by atomic mass is 16.6. The van der Waals surface area contributed by atoms with E-state index < -0.39 is 36.4 Å². The zero-order chi connectivity index (χ0) is 27.5. The highest BCUT2D eigenvalue weighted by molar-refractivity contribution is 5.68. The van der Waals surface area contributed by atoms with Crippen molar-refractivity contribution in [1.82, 2.24) is 0 Å². The van der Waals surface area contributed by atoms with Crippen LogP contribution in [-0.4, -0.2) is 43.0 Å². The molecule has 3 aromatic carbocycles. The fourth-order valence-electron chi connectivity index (χ4n) is 4.47. The first kappa shape index (κ1) is 28.2. The van der Waals surface area contributed by atoms with E-state index in [0.29, 0.717) is 18.8 Å².